The van der Waals surface area contributed by atoms with Crippen molar-refractivity contribution in [3.05, 3.63) is 34.6 Å². The minimum Gasteiger partial charge on any atom is -0.346 e. The molecule has 2 aliphatic rings. The van der Waals surface area contributed by atoms with E-state index in [0.717, 1.165) is 0 Å². The van der Waals surface area contributed by atoms with Crippen molar-refractivity contribution in [3.63, 3.8) is 0 Å². The molecule has 2 aliphatic heterocycles. The monoisotopic (exact) mass is 311 g/mol. The van der Waals surface area contributed by atoms with E-state index in [2.05, 4.69) is 10.2 Å². The normalized spacial score (nSPS) is 23.0. The van der Waals surface area contributed by atoms with Crippen LogP contribution >= 0.6 is 11.6 Å². The molecule has 0 aromatic heterocycles. The molecule has 112 valence electrons. The third-order valence-corrected chi connectivity index (χ3v) is 4.16. The highest BCUT2D eigenvalue weighted by Crippen LogP contribution is 2.19. The van der Waals surface area contributed by atoms with Gasteiger partial charge in [0.15, 0.2) is 0 Å². The van der Waals surface area contributed by atoms with E-state index in [-0.39, 0.29) is 11.9 Å². The van der Waals surface area contributed by atoms with E-state index in [9.17, 15) is 14.0 Å². The molecule has 1 atom stereocenters. The maximum Gasteiger partial charge on any atom is 0.312 e. The predicted molar refractivity (Wildman–Crippen MR) is 75.2 cm³/mol. The molecule has 0 bridgehead atoms. The number of amides is 2. The van der Waals surface area contributed by atoms with Crippen molar-refractivity contribution in [1.29, 1.82) is 0 Å². The fourth-order valence-electron chi connectivity index (χ4n) is 2.81. The Morgan fingerprint density at radius 1 is 1.33 bits per heavy atom. The summed E-state index contributed by atoms with van der Waals surface area (Å²) in [4.78, 5) is 26.7. The molecule has 21 heavy (non-hydrogen) atoms. The van der Waals surface area contributed by atoms with Crippen LogP contribution in [0.25, 0.3) is 0 Å². The summed E-state index contributed by atoms with van der Waals surface area (Å²) in [7, 11) is 0. The predicted octanol–water partition coefficient (Wildman–Crippen LogP) is 0.622. The van der Waals surface area contributed by atoms with Crippen molar-refractivity contribution in [1.82, 2.24) is 15.1 Å². The molecule has 2 amide bonds. The zero-order valence-electron chi connectivity index (χ0n) is 11.3. The van der Waals surface area contributed by atoms with Gasteiger partial charge in [-0.25, -0.2) is 4.39 Å². The summed E-state index contributed by atoms with van der Waals surface area (Å²) in [6.07, 6.45) is 0. The first-order chi connectivity index (χ1) is 10.0. The van der Waals surface area contributed by atoms with Gasteiger partial charge in [0.05, 0.1) is 6.04 Å². The number of nitrogens with one attached hydrogen (secondary N) is 1. The minimum atomic E-state index is -0.538. The molecule has 7 heteroatoms. The maximum absolute atomic E-state index is 13.8. The third kappa shape index (κ3) is 2.87. The van der Waals surface area contributed by atoms with Crippen LogP contribution in [0.4, 0.5) is 4.39 Å². The molecule has 0 aliphatic carbocycles. The zero-order chi connectivity index (χ0) is 15.0. The van der Waals surface area contributed by atoms with E-state index >= 15 is 0 Å². The van der Waals surface area contributed by atoms with Crippen LogP contribution in [0.2, 0.25) is 5.02 Å². The Morgan fingerprint density at radius 2 is 2.14 bits per heavy atom. The highest BCUT2D eigenvalue weighted by molar-refractivity contribution is 6.35. The summed E-state index contributed by atoms with van der Waals surface area (Å²) in [5.74, 6) is -1.33. The van der Waals surface area contributed by atoms with Gasteiger partial charge in [0.1, 0.15) is 5.82 Å². The number of carbonyl (C=O) groups excluding carboxylic acids is 2. The lowest BCUT2D eigenvalue weighted by Gasteiger charge is -2.43. The fraction of sp³-hybridized carbons (Fsp3) is 0.429. The lowest BCUT2D eigenvalue weighted by molar-refractivity contribution is -0.152. The number of halogens is 2. The van der Waals surface area contributed by atoms with Gasteiger partial charge in [-0.1, -0.05) is 17.7 Å². The van der Waals surface area contributed by atoms with Crippen LogP contribution in [0.3, 0.4) is 0 Å². The van der Waals surface area contributed by atoms with Crippen LogP contribution in [0.1, 0.15) is 5.56 Å². The van der Waals surface area contributed by atoms with E-state index in [1.54, 1.807) is 17.0 Å². The smallest absolute Gasteiger partial charge is 0.312 e. The second kappa shape index (κ2) is 5.61. The Hall–Kier alpha value is -1.66. The third-order valence-electron chi connectivity index (χ3n) is 3.93. The molecule has 1 aromatic carbocycles. The fourth-order valence-corrected chi connectivity index (χ4v) is 2.97. The van der Waals surface area contributed by atoms with E-state index in [4.69, 9.17) is 11.6 Å². The first kappa shape index (κ1) is 14.3. The first-order valence-electron chi connectivity index (χ1n) is 6.79. The topological polar surface area (TPSA) is 52.7 Å². The Bertz CT molecular complexity index is 596. The number of nitrogens with zero attached hydrogens (tertiary/aromatic N) is 2. The molecule has 1 aromatic rings. The summed E-state index contributed by atoms with van der Waals surface area (Å²) < 4.78 is 13.8. The quantitative estimate of drug-likeness (QED) is 0.815. The van der Waals surface area contributed by atoms with Gasteiger partial charge in [-0.3, -0.25) is 14.5 Å². The Kier molecular flexibility index (Phi) is 3.82. The van der Waals surface area contributed by atoms with Gasteiger partial charge in [-0.2, -0.15) is 0 Å². The zero-order valence-corrected chi connectivity index (χ0v) is 12.1. The van der Waals surface area contributed by atoms with Gasteiger partial charge in [-0.15, -0.1) is 0 Å². The second-order valence-corrected chi connectivity index (χ2v) is 5.77. The highest BCUT2D eigenvalue weighted by atomic mass is 35.5. The summed E-state index contributed by atoms with van der Waals surface area (Å²) in [6.45, 7) is 2.65. The average molecular weight is 312 g/mol. The van der Waals surface area contributed by atoms with Gasteiger partial charge in [0.25, 0.3) is 0 Å². The van der Waals surface area contributed by atoms with Crippen molar-refractivity contribution in [2.45, 2.75) is 12.6 Å². The van der Waals surface area contributed by atoms with Gasteiger partial charge < -0.3 is 10.2 Å². The number of piperazine rings is 2. The van der Waals surface area contributed by atoms with Crippen LogP contribution in [-0.4, -0.2) is 53.8 Å². The summed E-state index contributed by atoms with van der Waals surface area (Å²) >= 11 is 5.74. The average Bonchev–Trinajstić information content (AvgIpc) is 2.46. The van der Waals surface area contributed by atoms with Crippen LogP contribution < -0.4 is 5.32 Å². The number of rotatable bonds is 2. The van der Waals surface area contributed by atoms with Gasteiger partial charge >= 0.3 is 11.8 Å². The SMILES string of the molecule is O=C1NC[C@@H]2CN(Cc3ccc(Cl)cc3F)CCN2C1=O. The molecule has 2 saturated heterocycles. The van der Waals surface area contributed by atoms with Gasteiger partial charge in [-0.05, 0) is 12.1 Å². The van der Waals surface area contributed by atoms with E-state index in [1.807, 2.05) is 0 Å². The van der Waals surface area contributed by atoms with E-state index in [1.165, 1.54) is 6.07 Å². The van der Waals surface area contributed by atoms with Crippen LogP contribution in [0.15, 0.2) is 18.2 Å². The molecule has 2 heterocycles. The largest absolute Gasteiger partial charge is 0.346 e. The van der Waals surface area contributed by atoms with Crippen molar-refractivity contribution >= 4 is 23.4 Å². The number of carbonyl (C=O) groups is 2. The number of hydrogen-bond donors (Lipinski definition) is 1. The molecular formula is C14H15ClFN3O2. The van der Waals surface area contributed by atoms with Crippen LogP contribution in [-0.2, 0) is 16.1 Å². The van der Waals surface area contributed by atoms with Gasteiger partial charge in [0, 0.05) is 43.3 Å². The highest BCUT2D eigenvalue weighted by Gasteiger charge is 2.37. The van der Waals surface area contributed by atoms with Crippen molar-refractivity contribution in [2.75, 3.05) is 26.2 Å². The summed E-state index contributed by atoms with van der Waals surface area (Å²) in [5, 5.41) is 2.96. The lowest BCUT2D eigenvalue weighted by atomic mass is 10.1. The van der Waals surface area contributed by atoms with Crippen molar-refractivity contribution < 1.29 is 14.0 Å². The van der Waals surface area contributed by atoms with E-state index in [0.29, 0.717) is 43.3 Å². The molecule has 5 nitrogen and oxygen atoms in total. The van der Waals surface area contributed by atoms with Crippen molar-refractivity contribution in [3.8, 4) is 0 Å². The molecular weight excluding hydrogens is 297 g/mol. The first-order valence-corrected chi connectivity index (χ1v) is 7.17. The standard InChI is InChI=1S/C14H15ClFN3O2/c15-10-2-1-9(12(16)5-10)7-18-3-4-19-11(8-18)6-17-13(20)14(19)21/h1-2,5,11H,3-4,6-8H2,(H,17,20)/t11-/m1/s1. The molecule has 0 unspecified atom stereocenters. The number of fused-ring (bicyclic) bond motifs is 1. The minimum absolute atomic E-state index is 0.0423. The molecule has 3 rings (SSSR count). The number of hydrogen-bond acceptors (Lipinski definition) is 3. The van der Waals surface area contributed by atoms with Crippen LogP contribution in [0.5, 0.6) is 0 Å². The Balaban J connectivity index is 1.67. The Labute approximate surface area is 126 Å². The molecule has 1 N–H and O–H groups in total. The van der Waals surface area contributed by atoms with Crippen LogP contribution in [0, 0.1) is 5.82 Å². The van der Waals surface area contributed by atoms with Gasteiger partial charge in [0.2, 0.25) is 0 Å². The summed E-state index contributed by atoms with van der Waals surface area (Å²) in [6, 6.07) is 4.61. The maximum atomic E-state index is 13.8. The summed E-state index contributed by atoms with van der Waals surface area (Å²) in [5.41, 5.74) is 0.582. The Morgan fingerprint density at radius 3 is 2.90 bits per heavy atom. The molecule has 2 fully saturated rings. The molecule has 0 spiro atoms. The molecule has 0 radical (unpaired) electrons. The molecule has 0 saturated carbocycles. The second-order valence-electron chi connectivity index (χ2n) is 5.33. The van der Waals surface area contributed by atoms with E-state index < -0.39 is 11.8 Å². The number of benzene rings is 1. The lowest BCUT2D eigenvalue weighted by Crippen LogP contribution is -2.65. The van der Waals surface area contributed by atoms with Crippen molar-refractivity contribution in [2.24, 2.45) is 0 Å².